The number of rotatable bonds is 8. The molecule has 192 valence electrons. The summed E-state index contributed by atoms with van der Waals surface area (Å²) in [6.07, 6.45) is 1.61. The topological polar surface area (TPSA) is 112 Å². The van der Waals surface area contributed by atoms with Crippen molar-refractivity contribution in [2.75, 3.05) is 7.05 Å². The van der Waals surface area contributed by atoms with Crippen molar-refractivity contribution in [2.24, 2.45) is 0 Å². The van der Waals surface area contributed by atoms with Gasteiger partial charge in [0.15, 0.2) is 0 Å². The van der Waals surface area contributed by atoms with Gasteiger partial charge in [-0.15, -0.1) is 11.3 Å². The Morgan fingerprint density at radius 3 is 2.49 bits per heavy atom. The van der Waals surface area contributed by atoms with E-state index in [4.69, 9.17) is 23.2 Å². The first-order valence-electron chi connectivity index (χ1n) is 11.0. The minimum Gasteiger partial charge on any atom is -0.345 e. The summed E-state index contributed by atoms with van der Waals surface area (Å²) in [5, 5.41) is 5.97. The van der Waals surface area contributed by atoms with Crippen molar-refractivity contribution in [1.82, 2.24) is 20.2 Å². The van der Waals surface area contributed by atoms with Gasteiger partial charge in [-0.05, 0) is 42.3 Å². The van der Waals surface area contributed by atoms with Crippen LogP contribution in [0.3, 0.4) is 0 Å². The van der Waals surface area contributed by atoms with Crippen LogP contribution in [0.1, 0.15) is 37.1 Å². The van der Waals surface area contributed by atoms with Gasteiger partial charge >= 0.3 is 0 Å². The SMILES string of the molecule is Cc1c(C(=O)N(C)Cc2ccc(Cl)cc2Cl)[nH]c(C(=O)NCc2nccs2)c1S(=O)(=O)c1ccccc1. The van der Waals surface area contributed by atoms with E-state index < -0.39 is 21.7 Å². The molecular weight excluding hydrogens is 555 g/mol. The van der Waals surface area contributed by atoms with Gasteiger partial charge < -0.3 is 15.2 Å². The number of amides is 2. The molecule has 0 saturated heterocycles. The number of carbonyl (C=O) groups excluding carboxylic acids is 2. The van der Waals surface area contributed by atoms with Crippen molar-refractivity contribution in [3.8, 4) is 0 Å². The number of hydrogen-bond acceptors (Lipinski definition) is 6. The number of hydrogen-bond donors (Lipinski definition) is 2. The third kappa shape index (κ3) is 5.72. The molecule has 2 amide bonds. The van der Waals surface area contributed by atoms with Crippen LogP contribution in [0, 0.1) is 6.92 Å². The maximum Gasteiger partial charge on any atom is 0.270 e. The molecule has 0 radical (unpaired) electrons. The lowest BCUT2D eigenvalue weighted by atomic mass is 10.2. The summed E-state index contributed by atoms with van der Waals surface area (Å²) in [5.41, 5.74) is 0.563. The van der Waals surface area contributed by atoms with E-state index in [-0.39, 0.29) is 39.8 Å². The van der Waals surface area contributed by atoms with E-state index in [9.17, 15) is 18.0 Å². The van der Waals surface area contributed by atoms with Crippen molar-refractivity contribution in [1.29, 1.82) is 0 Å². The Labute approximate surface area is 228 Å². The number of sulfone groups is 1. The Hall–Kier alpha value is -3.18. The quantitative estimate of drug-likeness (QED) is 0.302. The monoisotopic (exact) mass is 576 g/mol. The largest absolute Gasteiger partial charge is 0.345 e. The molecular formula is C25H22Cl2N4O4S2. The van der Waals surface area contributed by atoms with Crippen LogP contribution < -0.4 is 5.32 Å². The van der Waals surface area contributed by atoms with Crippen LogP contribution in [0.5, 0.6) is 0 Å². The van der Waals surface area contributed by atoms with Crippen LogP contribution in [0.15, 0.2) is 69.9 Å². The lowest BCUT2D eigenvalue weighted by Crippen LogP contribution is -2.28. The number of aromatic amines is 1. The van der Waals surface area contributed by atoms with Gasteiger partial charge in [-0.2, -0.15) is 0 Å². The average molecular weight is 578 g/mol. The molecule has 0 saturated carbocycles. The Morgan fingerprint density at radius 2 is 1.84 bits per heavy atom. The molecule has 12 heteroatoms. The Bertz CT molecular complexity index is 1550. The Kier molecular flexibility index (Phi) is 8.03. The second kappa shape index (κ2) is 11.1. The smallest absolute Gasteiger partial charge is 0.270 e. The summed E-state index contributed by atoms with van der Waals surface area (Å²) < 4.78 is 27.2. The van der Waals surface area contributed by atoms with Gasteiger partial charge in [-0.25, -0.2) is 13.4 Å². The first-order valence-corrected chi connectivity index (χ1v) is 14.1. The maximum absolute atomic E-state index is 13.6. The number of H-pyrrole nitrogens is 1. The van der Waals surface area contributed by atoms with Gasteiger partial charge in [-0.1, -0.05) is 47.5 Å². The predicted molar refractivity (Wildman–Crippen MR) is 143 cm³/mol. The van der Waals surface area contributed by atoms with Crippen molar-refractivity contribution < 1.29 is 18.0 Å². The number of nitrogens with zero attached hydrogens (tertiary/aromatic N) is 2. The predicted octanol–water partition coefficient (Wildman–Crippen LogP) is 5.12. The molecule has 2 aromatic carbocycles. The molecule has 0 spiro atoms. The molecule has 0 aliphatic heterocycles. The van der Waals surface area contributed by atoms with Crippen LogP contribution >= 0.6 is 34.5 Å². The molecule has 4 aromatic rings. The molecule has 0 unspecified atom stereocenters. The van der Waals surface area contributed by atoms with Gasteiger partial charge in [0.1, 0.15) is 21.3 Å². The second-order valence-corrected chi connectivity index (χ2v) is 11.9. The van der Waals surface area contributed by atoms with E-state index in [0.29, 0.717) is 20.6 Å². The van der Waals surface area contributed by atoms with E-state index in [1.165, 1.54) is 35.3 Å². The molecule has 0 fully saturated rings. The minimum atomic E-state index is -4.14. The number of carbonyl (C=O) groups is 2. The summed E-state index contributed by atoms with van der Waals surface area (Å²) in [6, 6.07) is 12.7. The van der Waals surface area contributed by atoms with Crippen LogP contribution in [-0.2, 0) is 22.9 Å². The third-order valence-electron chi connectivity index (χ3n) is 5.61. The third-order valence-corrected chi connectivity index (χ3v) is 8.92. The first kappa shape index (κ1) is 26.9. The molecule has 37 heavy (non-hydrogen) atoms. The van der Waals surface area contributed by atoms with E-state index in [1.54, 1.807) is 55.0 Å². The number of halogens is 2. The fourth-order valence-electron chi connectivity index (χ4n) is 3.76. The highest BCUT2D eigenvalue weighted by Gasteiger charge is 2.33. The molecule has 2 aromatic heterocycles. The van der Waals surface area contributed by atoms with Crippen LogP contribution in [0.2, 0.25) is 10.0 Å². The fraction of sp³-hybridized carbons (Fsp3) is 0.160. The lowest BCUT2D eigenvalue weighted by molar-refractivity contribution is 0.0779. The molecule has 4 rings (SSSR count). The standard InChI is InChI=1S/C25H22Cl2N4O4S2/c1-15-21(25(33)31(2)14-16-8-9-17(26)12-19(16)27)30-22(24(32)29-13-20-28-10-11-36-20)23(15)37(34,35)18-6-4-3-5-7-18/h3-12,30H,13-14H2,1-2H3,(H,29,32). The molecule has 0 aliphatic rings. The van der Waals surface area contributed by atoms with E-state index in [2.05, 4.69) is 15.3 Å². The Balaban J connectivity index is 1.73. The summed E-state index contributed by atoms with van der Waals surface area (Å²) in [7, 11) is -2.58. The van der Waals surface area contributed by atoms with Crippen LogP contribution in [0.25, 0.3) is 0 Å². The highest BCUT2D eigenvalue weighted by atomic mass is 35.5. The molecule has 2 N–H and O–H groups in total. The van der Waals surface area contributed by atoms with E-state index in [0.717, 1.165) is 0 Å². The highest BCUT2D eigenvalue weighted by molar-refractivity contribution is 7.91. The van der Waals surface area contributed by atoms with Crippen molar-refractivity contribution in [2.45, 2.75) is 29.8 Å². The van der Waals surface area contributed by atoms with E-state index in [1.807, 2.05) is 0 Å². The zero-order valence-corrected chi connectivity index (χ0v) is 22.9. The molecule has 0 aliphatic carbocycles. The first-order chi connectivity index (χ1) is 17.6. The number of benzene rings is 2. The summed E-state index contributed by atoms with van der Waals surface area (Å²) in [4.78, 5) is 34.7. The summed E-state index contributed by atoms with van der Waals surface area (Å²) in [5.74, 6) is -1.18. The zero-order chi connectivity index (χ0) is 26.7. The number of aromatic nitrogens is 2. The van der Waals surface area contributed by atoms with Gasteiger partial charge in [0, 0.05) is 35.2 Å². The molecule has 0 bridgehead atoms. The lowest BCUT2D eigenvalue weighted by Gasteiger charge is -2.18. The minimum absolute atomic E-state index is 0.00590. The van der Waals surface area contributed by atoms with Crippen molar-refractivity contribution in [3.05, 3.63) is 97.7 Å². The van der Waals surface area contributed by atoms with Crippen LogP contribution in [0.4, 0.5) is 0 Å². The van der Waals surface area contributed by atoms with Gasteiger partial charge in [0.2, 0.25) is 9.84 Å². The average Bonchev–Trinajstić information content (AvgIpc) is 3.52. The number of thiazole rings is 1. The Morgan fingerprint density at radius 1 is 1.11 bits per heavy atom. The normalized spacial score (nSPS) is 11.4. The summed E-state index contributed by atoms with van der Waals surface area (Å²) in [6.45, 7) is 1.75. The second-order valence-electron chi connectivity index (χ2n) is 8.15. The highest BCUT2D eigenvalue weighted by Crippen LogP contribution is 2.31. The van der Waals surface area contributed by atoms with Gasteiger partial charge in [0.25, 0.3) is 11.8 Å². The molecule has 0 atom stereocenters. The maximum atomic E-state index is 13.6. The molecule has 8 nitrogen and oxygen atoms in total. The fourth-order valence-corrected chi connectivity index (χ4v) is 6.45. The van der Waals surface area contributed by atoms with Gasteiger partial charge in [-0.3, -0.25) is 9.59 Å². The van der Waals surface area contributed by atoms with E-state index >= 15 is 0 Å². The van der Waals surface area contributed by atoms with Crippen LogP contribution in [-0.4, -0.2) is 42.1 Å². The number of nitrogens with one attached hydrogen (secondary N) is 2. The van der Waals surface area contributed by atoms with Crippen molar-refractivity contribution in [3.63, 3.8) is 0 Å². The van der Waals surface area contributed by atoms with Gasteiger partial charge in [0.05, 0.1) is 11.4 Å². The zero-order valence-electron chi connectivity index (χ0n) is 19.8. The van der Waals surface area contributed by atoms with Crippen molar-refractivity contribution >= 4 is 56.2 Å². The summed E-state index contributed by atoms with van der Waals surface area (Å²) >= 11 is 13.6. The molecule has 2 heterocycles.